The highest BCUT2D eigenvalue weighted by Crippen LogP contribution is 2.29. The Balaban J connectivity index is 2.26. The van der Waals surface area contributed by atoms with Crippen LogP contribution in [0, 0.1) is 0 Å². The molecular formula is C17H21NO2. The van der Waals surface area contributed by atoms with Crippen LogP contribution in [0.4, 0.5) is 5.69 Å². The van der Waals surface area contributed by atoms with Crippen molar-refractivity contribution in [3.63, 3.8) is 0 Å². The van der Waals surface area contributed by atoms with E-state index in [-0.39, 0.29) is 0 Å². The standard InChI is InChI=1S/C17H21NO2/c1-11(2)12-4-6-13(7-5-12)17(19)14-8-9-16(20-3)15(18)10-14/h4-11,17,19H,18H2,1-3H3/t17-/m0/s1. The van der Waals surface area contributed by atoms with Crippen molar-refractivity contribution < 1.29 is 9.84 Å². The van der Waals surface area contributed by atoms with Gasteiger partial charge in [0.25, 0.3) is 0 Å². The number of ether oxygens (including phenoxy) is 1. The van der Waals surface area contributed by atoms with Crippen LogP contribution in [-0.2, 0) is 0 Å². The van der Waals surface area contributed by atoms with Crippen LogP contribution in [0.3, 0.4) is 0 Å². The van der Waals surface area contributed by atoms with Crippen molar-refractivity contribution in [1.29, 1.82) is 0 Å². The van der Waals surface area contributed by atoms with E-state index in [9.17, 15) is 5.11 Å². The summed E-state index contributed by atoms with van der Waals surface area (Å²) in [5.74, 6) is 1.11. The molecule has 0 aliphatic heterocycles. The third-order valence-electron chi connectivity index (χ3n) is 3.49. The molecule has 2 aromatic carbocycles. The van der Waals surface area contributed by atoms with Crippen LogP contribution in [0.5, 0.6) is 5.75 Å². The molecular weight excluding hydrogens is 250 g/mol. The maximum Gasteiger partial charge on any atom is 0.141 e. The lowest BCUT2D eigenvalue weighted by Crippen LogP contribution is -2.02. The van der Waals surface area contributed by atoms with Gasteiger partial charge >= 0.3 is 0 Å². The number of rotatable bonds is 4. The van der Waals surface area contributed by atoms with Gasteiger partial charge in [-0.1, -0.05) is 44.2 Å². The summed E-state index contributed by atoms with van der Waals surface area (Å²) in [6.45, 7) is 4.30. The fourth-order valence-corrected chi connectivity index (χ4v) is 2.18. The van der Waals surface area contributed by atoms with Crippen molar-refractivity contribution in [3.05, 3.63) is 59.2 Å². The summed E-state index contributed by atoms with van der Waals surface area (Å²) in [5.41, 5.74) is 9.29. The average molecular weight is 271 g/mol. The molecule has 0 unspecified atom stereocenters. The van der Waals surface area contributed by atoms with Gasteiger partial charge in [-0.15, -0.1) is 0 Å². The van der Waals surface area contributed by atoms with E-state index >= 15 is 0 Å². The maximum atomic E-state index is 10.4. The lowest BCUT2D eigenvalue weighted by molar-refractivity contribution is 0.220. The van der Waals surface area contributed by atoms with E-state index < -0.39 is 6.10 Å². The Labute approximate surface area is 120 Å². The highest BCUT2D eigenvalue weighted by Gasteiger charge is 2.12. The number of hydrogen-bond donors (Lipinski definition) is 2. The summed E-state index contributed by atoms with van der Waals surface area (Å²) < 4.78 is 5.12. The van der Waals surface area contributed by atoms with Crippen molar-refractivity contribution in [3.8, 4) is 5.75 Å². The van der Waals surface area contributed by atoms with Gasteiger partial charge in [-0.2, -0.15) is 0 Å². The van der Waals surface area contributed by atoms with Crippen LogP contribution in [0.2, 0.25) is 0 Å². The van der Waals surface area contributed by atoms with Gasteiger partial charge < -0.3 is 15.6 Å². The molecule has 0 aliphatic carbocycles. The second-order valence-corrected chi connectivity index (χ2v) is 5.23. The van der Waals surface area contributed by atoms with Gasteiger partial charge in [0.1, 0.15) is 11.9 Å². The predicted octanol–water partition coefficient (Wildman–Crippen LogP) is 3.48. The molecule has 0 saturated carbocycles. The molecule has 0 fully saturated rings. The fourth-order valence-electron chi connectivity index (χ4n) is 2.18. The minimum atomic E-state index is -0.676. The largest absolute Gasteiger partial charge is 0.495 e. The van der Waals surface area contributed by atoms with Crippen LogP contribution in [0.25, 0.3) is 0 Å². The number of methoxy groups -OCH3 is 1. The number of aliphatic hydroxyl groups excluding tert-OH is 1. The van der Waals surface area contributed by atoms with Crippen molar-refractivity contribution in [1.82, 2.24) is 0 Å². The predicted molar refractivity (Wildman–Crippen MR) is 82.0 cm³/mol. The van der Waals surface area contributed by atoms with E-state index in [0.717, 1.165) is 11.1 Å². The summed E-state index contributed by atoms with van der Waals surface area (Å²) in [7, 11) is 1.58. The Kier molecular flexibility index (Phi) is 4.30. The van der Waals surface area contributed by atoms with Crippen molar-refractivity contribution in [2.45, 2.75) is 25.9 Å². The summed E-state index contributed by atoms with van der Waals surface area (Å²) in [6.07, 6.45) is -0.676. The van der Waals surface area contributed by atoms with Crippen LogP contribution in [0.1, 0.15) is 42.6 Å². The Morgan fingerprint density at radius 3 is 2.00 bits per heavy atom. The molecule has 0 amide bonds. The maximum absolute atomic E-state index is 10.4. The van der Waals surface area contributed by atoms with Gasteiger partial charge in [0.15, 0.2) is 0 Å². The zero-order chi connectivity index (χ0) is 14.7. The zero-order valence-corrected chi connectivity index (χ0v) is 12.1. The highest BCUT2D eigenvalue weighted by molar-refractivity contribution is 5.55. The van der Waals surface area contributed by atoms with Gasteiger partial charge in [0, 0.05) is 0 Å². The SMILES string of the molecule is COc1ccc([C@@H](O)c2ccc(C(C)C)cc2)cc1N. The van der Waals surface area contributed by atoms with E-state index in [1.54, 1.807) is 19.2 Å². The Morgan fingerprint density at radius 1 is 0.950 bits per heavy atom. The first-order valence-electron chi connectivity index (χ1n) is 6.74. The first-order valence-corrected chi connectivity index (χ1v) is 6.74. The third-order valence-corrected chi connectivity index (χ3v) is 3.49. The first-order chi connectivity index (χ1) is 9.52. The normalized spacial score (nSPS) is 12.4. The van der Waals surface area contributed by atoms with E-state index in [1.165, 1.54) is 5.56 Å². The summed E-state index contributed by atoms with van der Waals surface area (Å²) in [4.78, 5) is 0. The van der Waals surface area contributed by atoms with Crippen molar-refractivity contribution in [2.75, 3.05) is 12.8 Å². The molecule has 0 saturated heterocycles. The molecule has 1 atom stereocenters. The van der Waals surface area contributed by atoms with Gasteiger partial charge in [-0.25, -0.2) is 0 Å². The minimum Gasteiger partial charge on any atom is -0.495 e. The number of nitrogen functional groups attached to an aromatic ring is 1. The Bertz CT molecular complexity index is 576. The average Bonchev–Trinajstić information content (AvgIpc) is 2.46. The first kappa shape index (κ1) is 14.4. The van der Waals surface area contributed by atoms with Crippen molar-refractivity contribution >= 4 is 5.69 Å². The lowest BCUT2D eigenvalue weighted by Gasteiger charge is -2.14. The number of nitrogens with two attached hydrogens (primary N) is 1. The zero-order valence-electron chi connectivity index (χ0n) is 12.1. The van der Waals surface area contributed by atoms with Gasteiger partial charge in [-0.05, 0) is 34.7 Å². The second-order valence-electron chi connectivity index (χ2n) is 5.23. The smallest absolute Gasteiger partial charge is 0.141 e. The van der Waals surface area contributed by atoms with Gasteiger partial charge in [-0.3, -0.25) is 0 Å². The van der Waals surface area contributed by atoms with Crippen LogP contribution in [0.15, 0.2) is 42.5 Å². The van der Waals surface area contributed by atoms with Crippen molar-refractivity contribution in [2.24, 2.45) is 0 Å². The van der Waals surface area contributed by atoms with E-state index in [0.29, 0.717) is 17.4 Å². The highest BCUT2D eigenvalue weighted by atomic mass is 16.5. The van der Waals surface area contributed by atoms with Crippen LogP contribution in [-0.4, -0.2) is 12.2 Å². The third kappa shape index (κ3) is 2.94. The molecule has 20 heavy (non-hydrogen) atoms. The van der Waals surface area contributed by atoms with Gasteiger partial charge in [0.2, 0.25) is 0 Å². The number of benzene rings is 2. The monoisotopic (exact) mass is 271 g/mol. The summed E-state index contributed by atoms with van der Waals surface area (Å²) in [6, 6.07) is 13.4. The van der Waals surface area contributed by atoms with E-state index in [2.05, 4.69) is 26.0 Å². The Morgan fingerprint density at radius 2 is 1.50 bits per heavy atom. The van der Waals surface area contributed by atoms with Crippen LogP contribution >= 0.6 is 0 Å². The molecule has 3 N–H and O–H groups in total. The molecule has 0 radical (unpaired) electrons. The molecule has 0 aliphatic rings. The number of aliphatic hydroxyl groups is 1. The van der Waals surface area contributed by atoms with Gasteiger partial charge in [0.05, 0.1) is 12.8 Å². The Hall–Kier alpha value is -2.00. The number of hydrogen-bond acceptors (Lipinski definition) is 3. The molecule has 0 bridgehead atoms. The van der Waals surface area contributed by atoms with E-state index in [1.807, 2.05) is 18.2 Å². The lowest BCUT2D eigenvalue weighted by atomic mass is 9.97. The molecule has 2 rings (SSSR count). The molecule has 3 nitrogen and oxygen atoms in total. The molecule has 0 spiro atoms. The second kappa shape index (κ2) is 5.97. The number of anilines is 1. The molecule has 106 valence electrons. The molecule has 2 aromatic rings. The minimum absolute atomic E-state index is 0.484. The molecule has 3 heteroatoms. The van der Waals surface area contributed by atoms with Crippen LogP contribution < -0.4 is 10.5 Å². The fraction of sp³-hybridized carbons (Fsp3) is 0.294. The summed E-state index contributed by atoms with van der Waals surface area (Å²) in [5, 5.41) is 10.4. The van der Waals surface area contributed by atoms with E-state index in [4.69, 9.17) is 10.5 Å². The molecule has 0 heterocycles. The molecule has 0 aromatic heterocycles. The topological polar surface area (TPSA) is 55.5 Å². The summed E-state index contributed by atoms with van der Waals surface area (Å²) >= 11 is 0. The quantitative estimate of drug-likeness (QED) is 0.837.